The molecule has 98 valence electrons. The minimum atomic E-state index is -1.02. The molecular weight excluding hydrogens is 315 g/mol. The molecular formula is C14H10BrFO3. The molecule has 0 unspecified atom stereocenters. The van der Waals surface area contributed by atoms with Crippen LogP contribution in [0.4, 0.5) is 4.39 Å². The maximum absolute atomic E-state index is 13.0. The predicted octanol–water partition coefficient (Wildman–Crippen LogP) is 3.87. The summed E-state index contributed by atoms with van der Waals surface area (Å²) >= 11 is 3.27. The van der Waals surface area contributed by atoms with Crippen molar-refractivity contribution in [2.45, 2.75) is 6.61 Å². The fraction of sp³-hybridized carbons (Fsp3) is 0.0714. The first-order chi connectivity index (χ1) is 9.06. The summed E-state index contributed by atoms with van der Waals surface area (Å²) in [5, 5.41) is 9.07. The van der Waals surface area contributed by atoms with Crippen LogP contribution >= 0.6 is 15.9 Å². The summed E-state index contributed by atoms with van der Waals surface area (Å²) in [4.78, 5) is 11.1. The summed E-state index contributed by atoms with van der Waals surface area (Å²) in [6.07, 6.45) is 0. The summed E-state index contributed by atoms with van der Waals surface area (Å²) < 4.78 is 19.1. The SMILES string of the molecule is O=C(O)c1ccc(Br)cc1COc1cccc(F)c1. The molecule has 0 aliphatic rings. The van der Waals surface area contributed by atoms with Crippen molar-refractivity contribution in [3.8, 4) is 5.75 Å². The topological polar surface area (TPSA) is 46.5 Å². The molecule has 2 aromatic rings. The Bertz CT molecular complexity index is 613. The van der Waals surface area contributed by atoms with Crippen molar-refractivity contribution in [3.63, 3.8) is 0 Å². The van der Waals surface area contributed by atoms with Crippen LogP contribution in [0, 0.1) is 5.82 Å². The molecule has 0 saturated carbocycles. The van der Waals surface area contributed by atoms with Crippen LogP contribution in [0.5, 0.6) is 5.75 Å². The van der Waals surface area contributed by atoms with Crippen LogP contribution in [0.15, 0.2) is 46.9 Å². The molecule has 0 atom stereocenters. The van der Waals surface area contributed by atoms with Crippen LogP contribution in [0.25, 0.3) is 0 Å². The molecule has 0 fully saturated rings. The van der Waals surface area contributed by atoms with E-state index in [1.54, 1.807) is 18.2 Å². The first kappa shape index (κ1) is 13.5. The molecule has 3 nitrogen and oxygen atoms in total. The molecule has 0 aliphatic carbocycles. The van der Waals surface area contributed by atoms with Crippen molar-refractivity contribution in [3.05, 3.63) is 63.9 Å². The molecule has 0 saturated heterocycles. The lowest BCUT2D eigenvalue weighted by Crippen LogP contribution is -2.05. The third kappa shape index (κ3) is 3.54. The highest BCUT2D eigenvalue weighted by Gasteiger charge is 2.11. The number of carboxylic acids is 1. The molecule has 2 aromatic carbocycles. The molecule has 19 heavy (non-hydrogen) atoms. The lowest BCUT2D eigenvalue weighted by atomic mass is 10.1. The quantitative estimate of drug-likeness (QED) is 0.928. The Morgan fingerprint density at radius 3 is 2.74 bits per heavy atom. The van der Waals surface area contributed by atoms with Crippen LogP contribution in [-0.4, -0.2) is 11.1 Å². The van der Waals surface area contributed by atoms with Gasteiger partial charge in [0.1, 0.15) is 18.2 Å². The molecule has 0 spiro atoms. The molecule has 0 aromatic heterocycles. The van der Waals surface area contributed by atoms with E-state index in [0.717, 1.165) is 4.47 Å². The van der Waals surface area contributed by atoms with Crippen LogP contribution in [-0.2, 0) is 6.61 Å². The third-order valence-electron chi connectivity index (χ3n) is 2.49. The summed E-state index contributed by atoms with van der Waals surface area (Å²) in [6, 6.07) is 10.5. The Balaban J connectivity index is 2.19. The summed E-state index contributed by atoms with van der Waals surface area (Å²) in [5.41, 5.74) is 0.686. The first-order valence-corrected chi connectivity index (χ1v) is 6.25. The summed E-state index contributed by atoms with van der Waals surface area (Å²) in [6.45, 7) is 0.0600. The number of hydrogen-bond donors (Lipinski definition) is 1. The zero-order valence-electron chi connectivity index (χ0n) is 9.77. The number of aromatic carboxylic acids is 1. The highest BCUT2D eigenvalue weighted by Crippen LogP contribution is 2.20. The molecule has 1 N–H and O–H groups in total. The van der Waals surface area contributed by atoms with Gasteiger partial charge < -0.3 is 9.84 Å². The van der Waals surface area contributed by atoms with Gasteiger partial charge in [0.2, 0.25) is 0 Å². The van der Waals surface area contributed by atoms with Gasteiger partial charge in [0.25, 0.3) is 0 Å². The fourth-order valence-electron chi connectivity index (χ4n) is 1.61. The van der Waals surface area contributed by atoms with Gasteiger partial charge in [-0.05, 0) is 30.3 Å². The average molecular weight is 325 g/mol. The smallest absolute Gasteiger partial charge is 0.336 e. The second kappa shape index (κ2) is 5.84. The lowest BCUT2D eigenvalue weighted by Gasteiger charge is -2.09. The molecule has 0 aliphatic heterocycles. The van der Waals surface area contributed by atoms with Crippen molar-refractivity contribution in [2.75, 3.05) is 0 Å². The van der Waals surface area contributed by atoms with E-state index >= 15 is 0 Å². The van der Waals surface area contributed by atoms with Crippen molar-refractivity contribution < 1.29 is 19.0 Å². The summed E-state index contributed by atoms with van der Waals surface area (Å²) in [7, 11) is 0. The van der Waals surface area contributed by atoms with E-state index < -0.39 is 11.8 Å². The molecule has 0 bridgehead atoms. The molecule has 5 heteroatoms. The zero-order chi connectivity index (χ0) is 13.8. The van der Waals surface area contributed by atoms with Crippen molar-refractivity contribution >= 4 is 21.9 Å². The minimum absolute atomic E-state index is 0.0600. The van der Waals surface area contributed by atoms with Crippen molar-refractivity contribution in [2.24, 2.45) is 0 Å². The van der Waals surface area contributed by atoms with Gasteiger partial charge in [-0.25, -0.2) is 9.18 Å². The standard InChI is InChI=1S/C14H10BrFO3/c15-10-4-5-13(14(17)18)9(6-10)8-19-12-3-1-2-11(16)7-12/h1-7H,8H2,(H,17,18). The molecule has 0 heterocycles. The zero-order valence-corrected chi connectivity index (χ0v) is 11.4. The summed E-state index contributed by atoms with van der Waals surface area (Å²) in [5.74, 6) is -1.06. The second-order valence-electron chi connectivity index (χ2n) is 3.85. The predicted molar refractivity (Wildman–Crippen MR) is 71.8 cm³/mol. The Labute approximate surface area is 117 Å². The second-order valence-corrected chi connectivity index (χ2v) is 4.77. The monoisotopic (exact) mass is 324 g/mol. The largest absolute Gasteiger partial charge is 0.489 e. The highest BCUT2D eigenvalue weighted by atomic mass is 79.9. The third-order valence-corrected chi connectivity index (χ3v) is 2.98. The molecule has 0 radical (unpaired) electrons. The van der Waals surface area contributed by atoms with E-state index in [0.29, 0.717) is 11.3 Å². The van der Waals surface area contributed by atoms with Crippen LogP contribution < -0.4 is 4.74 Å². The number of carbonyl (C=O) groups is 1. The minimum Gasteiger partial charge on any atom is -0.489 e. The Morgan fingerprint density at radius 1 is 1.26 bits per heavy atom. The van der Waals surface area contributed by atoms with E-state index in [2.05, 4.69) is 15.9 Å². The number of hydrogen-bond acceptors (Lipinski definition) is 2. The molecule has 0 amide bonds. The number of halogens is 2. The van der Waals surface area contributed by atoms with E-state index in [4.69, 9.17) is 9.84 Å². The Kier molecular flexibility index (Phi) is 4.16. The molecule has 2 rings (SSSR count). The Morgan fingerprint density at radius 2 is 2.05 bits per heavy atom. The van der Waals surface area contributed by atoms with E-state index in [9.17, 15) is 9.18 Å². The van der Waals surface area contributed by atoms with Crippen LogP contribution in [0.3, 0.4) is 0 Å². The van der Waals surface area contributed by atoms with Gasteiger partial charge in [-0.2, -0.15) is 0 Å². The van der Waals surface area contributed by atoms with Crippen LogP contribution in [0.2, 0.25) is 0 Å². The van der Waals surface area contributed by atoms with E-state index in [-0.39, 0.29) is 12.2 Å². The van der Waals surface area contributed by atoms with Gasteiger partial charge in [-0.15, -0.1) is 0 Å². The van der Waals surface area contributed by atoms with Gasteiger partial charge in [-0.1, -0.05) is 22.0 Å². The maximum Gasteiger partial charge on any atom is 0.336 e. The maximum atomic E-state index is 13.0. The lowest BCUT2D eigenvalue weighted by molar-refractivity contribution is 0.0694. The van der Waals surface area contributed by atoms with Crippen LogP contribution in [0.1, 0.15) is 15.9 Å². The normalized spacial score (nSPS) is 10.2. The highest BCUT2D eigenvalue weighted by molar-refractivity contribution is 9.10. The first-order valence-electron chi connectivity index (χ1n) is 5.46. The number of carboxylic acid groups (broad SMARTS) is 1. The van der Waals surface area contributed by atoms with Gasteiger partial charge >= 0.3 is 5.97 Å². The van der Waals surface area contributed by atoms with E-state index in [1.807, 2.05) is 0 Å². The van der Waals surface area contributed by atoms with Gasteiger partial charge in [0.05, 0.1) is 5.56 Å². The van der Waals surface area contributed by atoms with Gasteiger partial charge in [-0.3, -0.25) is 0 Å². The number of benzene rings is 2. The average Bonchev–Trinajstić information content (AvgIpc) is 2.36. The number of rotatable bonds is 4. The fourth-order valence-corrected chi connectivity index (χ4v) is 2.02. The van der Waals surface area contributed by atoms with Crippen molar-refractivity contribution in [1.82, 2.24) is 0 Å². The van der Waals surface area contributed by atoms with Crippen molar-refractivity contribution in [1.29, 1.82) is 0 Å². The number of ether oxygens (including phenoxy) is 1. The van der Waals surface area contributed by atoms with Gasteiger partial charge in [0, 0.05) is 16.1 Å². The Hall–Kier alpha value is -1.88. The van der Waals surface area contributed by atoms with E-state index in [1.165, 1.54) is 24.3 Å². The van der Waals surface area contributed by atoms with Gasteiger partial charge in [0.15, 0.2) is 0 Å².